The van der Waals surface area contributed by atoms with Gasteiger partial charge in [-0.3, -0.25) is 0 Å². The lowest BCUT2D eigenvalue weighted by molar-refractivity contribution is 0.271. The van der Waals surface area contributed by atoms with Crippen molar-refractivity contribution in [3.8, 4) is 6.07 Å². The SMILES string of the molecule is C[C@@H]1CCCN1CCc1cc2c(n1C)C=CC(c1ccc(C#N)cc1)C2. The van der Waals surface area contributed by atoms with Gasteiger partial charge in [0, 0.05) is 43.4 Å². The first kappa shape index (κ1) is 17.1. The van der Waals surface area contributed by atoms with Gasteiger partial charge in [-0.15, -0.1) is 0 Å². The number of aromatic nitrogens is 1. The minimum atomic E-state index is 0.407. The first-order chi connectivity index (χ1) is 12.7. The molecule has 0 N–H and O–H groups in total. The van der Waals surface area contributed by atoms with E-state index in [1.54, 1.807) is 0 Å². The van der Waals surface area contributed by atoms with E-state index in [2.05, 4.69) is 59.9 Å². The van der Waals surface area contributed by atoms with Crippen LogP contribution in [0.2, 0.25) is 0 Å². The average Bonchev–Trinajstić information content (AvgIpc) is 3.22. The monoisotopic (exact) mass is 345 g/mol. The Morgan fingerprint density at radius 2 is 2.04 bits per heavy atom. The largest absolute Gasteiger partial charge is 0.348 e. The Morgan fingerprint density at radius 3 is 2.73 bits per heavy atom. The highest BCUT2D eigenvalue weighted by molar-refractivity contribution is 5.57. The van der Waals surface area contributed by atoms with E-state index in [0.717, 1.165) is 24.4 Å². The van der Waals surface area contributed by atoms with Gasteiger partial charge in [-0.2, -0.15) is 5.26 Å². The third-order valence-electron chi connectivity index (χ3n) is 6.20. The number of fused-ring (bicyclic) bond motifs is 1. The number of benzene rings is 1. The number of allylic oxidation sites excluding steroid dienone is 1. The van der Waals surface area contributed by atoms with Crippen LogP contribution in [0.4, 0.5) is 0 Å². The van der Waals surface area contributed by atoms with E-state index in [4.69, 9.17) is 5.26 Å². The molecular weight excluding hydrogens is 318 g/mol. The molecule has 1 aliphatic heterocycles. The quantitative estimate of drug-likeness (QED) is 0.828. The lowest BCUT2D eigenvalue weighted by atomic mass is 9.87. The van der Waals surface area contributed by atoms with Gasteiger partial charge in [0.1, 0.15) is 0 Å². The summed E-state index contributed by atoms with van der Waals surface area (Å²) in [5.41, 5.74) is 6.28. The zero-order chi connectivity index (χ0) is 18.1. The zero-order valence-corrected chi connectivity index (χ0v) is 15.8. The third-order valence-corrected chi connectivity index (χ3v) is 6.20. The van der Waals surface area contributed by atoms with E-state index in [1.165, 1.54) is 48.4 Å². The van der Waals surface area contributed by atoms with Crippen LogP contribution in [0.3, 0.4) is 0 Å². The Bertz CT molecular complexity index is 851. The molecule has 0 radical (unpaired) electrons. The lowest BCUT2D eigenvalue weighted by Crippen LogP contribution is -2.29. The van der Waals surface area contributed by atoms with Crippen molar-refractivity contribution in [2.24, 2.45) is 7.05 Å². The minimum absolute atomic E-state index is 0.407. The molecular formula is C23H27N3. The van der Waals surface area contributed by atoms with Gasteiger partial charge in [0.2, 0.25) is 0 Å². The molecule has 0 spiro atoms. The standard InChI is InChI=1S/C23H27N3/c1-17-4-3-12-26(17)13-11-22-15-21-14-20(9-10-23(21)25(22)2)19-7-5-18(16-24)6-8-19/h5-10,15,17,20H,3-4,11-14H2,1-2H3/t17-,20?/m1/s1. The molecule has 26 heavy (non-hydrogen) atoms. The maximum absolute atomic E-state index is 8.98. The van der Waals surface area contributed by atoms with Crippen molar-refractivity contribution < 1.29 is 0 Å². The van der Waals surface area contributed by atoms with E-state index >= 15 is 0 Å². The van der Waals surface area contributed by atoms with Crippen molar-refractivity contribution in [2.45, 2.75) is 44.6 Å². The Kier molecular flexibility index (Phi) is 4.70. The smallest absolute Gasteiger partial charge is 0.0991 e. The second-order valence-corrected chi connectivity index (χ2v) is 7.79. The molecule has 2 aromatic rings. The Hall–Kier alpha value is -2.31. The van der Waals surface area contributed by atoms with Crippen LogP contribution >= 0.6 is 0 Å². The molecule has 2 heterocycles. The van der Waals surface area contributed by atoms with Crippen molar-refractivity contribution in [1.82, 2.24) is 9.47 Å². The number of hydrogen-bond donors (Lipinski definition) is 0. The summed E-state index contributed by atoms with van der Waals surface area (Å²) in [4.78, 5) is 2.63. The van der Waals surface area contributed by atoms with Crippen LogP contribution in [0.25, 0.3) is 6.08 Å². The van der Waals surface area contributed by atoms with Crippen molar-refractivity contribution in [2.75, 3.05) is 13.1 Å². The summed E-state index contributed by atoms with van der Waals surface area (Å²) in [5, 5.41) is 8.98. The molecule has 2 atom stereocenters. The number of nitriles is 1. The highest BCUT2D eigenvalue weighted by atomic mass is 15.2. The summed E-state index contributed by atoms with van der Waals surface area (Å²) in [6.45, 7) is 4.78. The summed E-state index contributed by atoms with van der Waals surface area (Å²) < 4.78 is 2.38. The Balaban J connectivity index is 1.48. The topological polar surface area (TPSA) is 32.0 Å². The fraction of sp³-hybridized carbons (Fsp3) is 0.435. The molecule has 0 bridgehead atoms. The van der Waals surface area contributed by atoms with Crippen LogP contribution in [-0.4, -0.2) is 28.6 Å². The van der Waals surface area contributed by atoms with Crippen LogP contribution in [0.1, 0.15) is 53.8 Å². The van der Waals surface area contributed by atoms with Crippen molar-refractivity contribution in [1.29, 1.82) is 5.26 Å². The second kappa shape index (κ2) is 7.13. The van der Waals surface area contributed by atoms with Crippen LogP contribution in [0.15, 0.2) is 36.4 Å². The van der Waals surface area contributed by atoms with Gasteiger partial charge in [-0.05, 0) is 68.1 Å². The van der Waals surface area contributed by atoms with Crippen molar-refractivity contribution >= 4 is 6.08 Å². The fourth-order valence-corrected chi connectivity index (χ4v) is 4.49. The van der Waals surface area contributed by atoms with E-state index < -0.39 is 0 Å². The maximum Gasteiger partial charge on any atom is 0.0991 e. The molecule has 0 saturated carbocycles. The second-order valence-electron chi connectivity index (χ2n) is 7.79. The van der Waals surface area contributed by atoms with Crippen LogP contribution in [0, 0.1) is 11.3 Å². The molecule has 1 aliphatic carbocycles. The number of rotatable bonds is 4. The first-order valence-electron chi connectivity index (χ1n) is 9.75. The average molecular weight is 345 g/mol. The molecule has 1 fully saturated rings. The van der Waals surface area contributed by atoms with Crippen molar-refractivity contribution in [3.63, 3.8) is 0 Å². The van der Waals surface area contributed by atoms with Crippen LogP contribution in [0.5, 0.6) is 0 Å². The molecule has 3 nitrogen and oxygen atoms in total. The summed E-state index contributed by atoms with van der Waals surface area (Å²) in [5.74, 6) is 0.407. The molecule has 3 heteroatoms. The van der Waals surface area contributed by atoms with Gasteiger partial charge >= 0.3 is 0 Å². The van der Waals surface area contributed by atoms with E-state index in [-0.39, 0.29) is 0 Å². The number of nitrogens with zero attached hydrogens (tertiary/aromatic N) is 3. The molecule has 1 aromatic heterocycles. The van der Waals surface area contributed by atoms with Gasteiger partial charge in [0.25, 0.3) is 0 Å². The Labute approximate surface area is 156 Å². The minimum Gasteiger partial charge on any atom is -0.348 e. The summed E-state index contributed by atoms with van der Waals surface area (Å²) in [7, 11) is 2.20. The number of likely N-dealkylation sites (tertiary alicyclic amines) is 1. The number of hydrogen-bond acceptors (Lipinski definition) is 2. The van der Waals surface area contributed by atoms with E-state index in [0.29, 0.717) is 5.92 Å². The zero-order valence-electron chi connectivity index (χ0n) is 15.8. The van der Waals surface area contributed by atoms with Gasteiger partial charge < -0.3 is 9.47 Å². The lowest BCUT2D eigenvalue weighted by Gasteiger charge is -2.21. The normalized spacial score (nSPS) is 22.3. The predicted octanol–water partition coefficient (Wildman–Crippen LogP) is 4.28. The highest BCUT2D eigenvalue weighted by Gasteiger charge is 2.22. The highest BCUT2D eigenvalue weighted by Crippen LogP contribution is 2.32. The first-order valence-corrected chi connectivity index (χ1v) is 9.75. The molecule has 2 aliphatic rings. The molecule has 1 saturated heterocycles. The van der Waals surface area contributed by atoms with Crippen molar-refractivity contribution in [3.05, 3.63) is 64.5 Å². The van der Waals surface area contributed by atoms with Gasteiger partial charge in [-0.1, -0.05) is 18.2 Å². The Morgan fingerprint density at radius 1 is 1.23 bits per heavy atom. The van der Waals surface area contributed by atoms with Gasteiger partial charge in [0.05, 0.1) is 11.6 Å². The van der Waals surface area contributed by atoms with Crippen LogP contribution < -0.4 is 0 Å². The summed E-state index contributed by atoms with van der Waals surface area (Å²) >= 11 is 0. The van der Waals surface area contributed by atoms with E-state index in [9.17, 15) is 0 Å². The third kappa shape index (κ3) is 3.22. The summed E-state index contributed by atoms with van der Waals surface area (Å²) in [6, 6.07) is 13.4. The molecule has 1 aromatic carbocycles. The molecule has 0 amide bonds. The van der Waals surface area contributed by atoms with Gasteiger partial charge in [0.15, 0.2) is 0 Å². The fourth-order valence-electron chi connectivity index (χ4n) is 4.49. The van der Waals surface area contributed by atoms with Crippen LogP contribution in [-0.2, 0) is 19.9 Å². The molecule has 1 unspecified atom stereocenters. The summed E-state index contributed by atoms with van der Waals surface area (Å²) in [6.07, 6.45) is 9.47. The molecule has 134 valence electrons. The molecule has 4 rings (SSSR count). The van der Waals surface area contributed by atoms with Gasteiger partial charge in [-0.25, -0.2) is 0 Å². The predicted molar refractivity (Wildman–Crippen MR) is 106 cm³/mol. The van der Waals surface area contributed by atoms with E-state index in [1.807, 2.05) is 12.1 Å². The maximum atomic E-state index is 8.98.